The predicted molar refractivity (Wildman–Crippen MR) is 80.1 cm³/mol. The van der Waals surface area contributed by atoms with Gasteiger partial charge in [-0.25, -0.2) is 0 Å². The number of hydrogen-bond donors (Lipinski definition) is 1. The van der Waals surface area contributed by atoms with E-state index >= 15 is 0 Å². The number of benzene rings is 1. The number of methoxy groups -OCH3 is 1. The van der Waals surface area contributed by atoms with E-state index in [0.717, 1.165) is 12.3 Å². The van der Waals surface area contributed by atoms with E-state index in [9.17, 15) is 0 Å². The summed E-state index contributed by atoms with van der Waals surface area (Å²) in [6, 6.07) is 8.46. The Labute approximate surface area is 121 Å². The van der Waals surface area contributed by atoms with Crippen LogP contribution >= 0.6 is 12.4 Å². The second-order valence-corrected chi connectivity index (χ2v) is 5.74. The van der Waals surface area contributed by atoms with Crippen molar-refractivity contribution in [1.82, 2.24) is 10.2 Å². The van der Waals surface area contributed by atoms with Gasteiger partial charge in [0.15, 0.2) is 0 Å². The number of rotatable bonds is 3. The van der Waals surface area contributed by atoms with E-state index in [1.807, 2.05) is 0 Å². The average Bonchev–Trinajstić information content (AvgIpc) is 3.02. The molecule has 3 nitrogen and oxygen atoms in total. The summed E-state index contributed by atoms with van der Waals surface area (Å²) in [4.78, 5) is 2.59. The highest BCUT2D eigenvalue weighted by Crippen LogP contribution is 2.36. The highest BCUT2D eigenvalue weighted by atomic mass is 35.5. The number of halogens is 1. The van der Waals surface area contributed by atoms with Crippen molar-refractivity contribution < 1.29 is 4.74 Å². The van der Waals surface area contributed by atoms with Gasteiger partial charge in [0.1, 0.15) is 5.75 Å². The fourth-order valence-corrected chi connectivity index (χ4v) is 3.30. The van der Waals surface area contributed by atoms with Gasteiger partial charge in [-0.3, -0.25) is 4.90 Å². The molecule has 0 radical (unpaired) electrons. The summed E-state index contributed by atoms with van der Waals surface area (Å²) >= 11 is 0. The lowest BCUT2D eigenvalue weighted by atomic mass is 9.86. The van der Waals surface area contributed by atoms with E-state index in [4.69, 9.17) is 4.74 Å². The molecule has 2 saturated heterocycles. The van der Waals surface area contributed by atoms with Gasteiger partial charge in [-0.1, -0.05) is 12.1 Å². The van der Waals surface area contributed by atoms with E-state index in [0.29, 0.717) is 5.41 Å². The molecule has 1 aromatic carbocycles. The number of ether oxygens (including phenoxy) is 1. The zero-order chi connectivity index (χ0) is 12.4. The van der Waals surface area contributed by atoms with Gasteiger partial charge >= 0.3 is 0 Å². The van der Waals surface area contributed by atoms with Crippen molar-refractivity contribution in [3.8, 4) is 5.75 Å². The largest absolute Gasteiger partial charge is 0.497 e. The summed E-state index contributed by atoms with van der Waals surface area (Å²) in [6.07, 6.45) is 2.71. The minimum atomic E-state index is 0. The van der Waals surface area contributed by atoms with Crippen LogP contribution < -0.4 is 10.1 Å². The van der Waals surface area contributed by atoms with Crippen molar-refractivity contribution in [1.29, 1.82) is 0 Å². The molecule has 1 aromatic rings. The SMILES string of the molecule is COc1ccc(CN2CCC3(CCNC3)C2)cc1.Cl. The normalized spacial score (nSPS) is 26.6. The van der Waals surface area contributed by atoms with Gasteiger partial charge in [-0.2, -0.15) is 0 Å². The Hall–Kier alpha value is -0.770. The van der Waals surface area contributed by atoms with Gasteiger partial charge < -0.3 is 10.1 Å². The van der Waals surface area contributed by atoms with Crippen LogP contribution in [0.15, 0.2) is 24.3 Å². The van der Waals surface area contributed by atoms with Crippen LogP contribution in [0.25, 0.3) is 0 Å². The van der Waals surface area contributed by atoms with E-state index < -0.39 is 0 Å². The number of nitrogens with one attached hydrogen (secondary N) is 1. The Morgan fingerprint density at radius 3 is 2.68 bits per heavy atom. The van der Waals surface area contributed by atoms with Crippen LogP contribution in [-0.4, -0.2) is 38.2 Å². The first-order valence-electron chi connectivity index (χ1n) is 6.86. The Morgan fingerprint density at radius 2 is 2.05 bits per heavy atom. The molecule has 106 valence electrons. The van der Waals surface area contributed by atoms with Gasteiger partial charge in [-0.15, -0.1) is 12.4 Å². The molecule has 4 heteroatoms. The molecule has 2 aliphatic heterocycles. The van der Waals surface area contributed by atoms with Gasteiger partial charge in [0.25, 0.3) is 0 Å². The highest BCUT2D eigenvalue weighted by Gasteiger charge is 2.39. The van der Waals surface area contributed by atoms with Gasteiger partial charge in [0.05, 0.1) is 7.11 Å². The zero-order valence-corrected chi connectivity index (χ0v) is 12.3. The van der Waals surface area contributed by atoms with E-state index in [1.54, 1.807) is 7.11 Å². The second kappa shape index (κ2) is 6.12. The number of nitrogens with zero attached hydrogens (tertiary/aromatic N) is 1. The van der Waals surface area contributed by atoms with Gasteiger partial charge in [-0.05, 0) is 49.0 Å². The van der Waals surface area contributed by atoms with Crippen molar-refractivity contribution >= 4 is 12.4 Å². The van der Waals surface area contributed by atoms with Crippen LogP contribution in [-0.2, 0) is 6.54 Å². The fourth-order valence-electron chi connectivity index (χ4n) is 3.30. The number of hydrogen-bond acceptors (Lipinski definition) is 3. The summed E-state index contributed by atoms with van der Waals surface area (Å²) in [5, 5.41) is 3.51. The highest BCUT2D eigenvalue weighted by molar-refractivity contribution is 5.85. The molecule has 19 heavy (non-hydrogen) atoms. The standard InChI is InChI=1S/C15H22N2O.ClH/c1-18-14-4-2-13(3-5-14)10-17-9-7-15(12-17)6-8-16-11-15;/h2-5,16H,6-12H2,1H3;1H. The van der Waals surface area contributed by atoms with Crippen LogP contribution in [0.5, 0.6) is 5.75 Å². The first-order chi connectivity index (χ1) is 8.80. The van der Waals surface area contributed by atoms with Crippen LogP contribution in [0.4, 0.5) is 0 Å². The Bertz CT molecular complexity index is 401. The quantitative estimate of drug-likeness (QED) is 0.921. The van der Waals surface area contributed by atoms with Crippen LogP contribution in [0.1, 0.15) is 18.4 Å². The first-order valence-corrected chi connectivity index (χ1v) is 6.86. The molecule has 0 amide bonds. The smallest absolute Gasteiger partial charge is 0.118 e. The van der Waals surface area contributed by atoms with Crippen molar-refractivity contribution in [2.75, 3.05) is 33.3 Å². The summed E-state index contributed by atoms with van der Waals surface area (Å²) in [7, 11) is 1.71. The molecule has 0 bridgehead atoms. The lowest BCUT2D eigenvalue weighted by Crippen LogP contribution is -2.28. The maximum Gasteiger partial charge on any atom is 0.118 e. The fraction of sp³-hybridized carbons (Fsp3) is 0.600. The molecule has 3 rings (SSSR count). The van der Waals surface area contributed by atoms with E-state index in [-0.39, 0.29) is 12.4 Å². The second-order valence-electron chi connectivity index (χ2n) is 5.74. The molecule has 2 heterocycles. The van der Waals surface area contributed by atoms with Crippen molar-refractivity contribution in [2.24, 2.45) is 5.41 Å². The molecule has 1 unspecified atom stereocenters. The van der Waals surface area contributed by atoms with Crippen molar-refractivity contribution in [2.45, 2.75) is 19.4 Å². The molecular weight excluding hydrogens is 260 g/mol. The van der Waals surface area contributed by atoms with Crippen molar-refractivity contribution in [3.63, 3.8) is 0 Å². The van der Waals surface area contributed by atoms with Gasteiger partial charge in [0, 0.05) is 19.6 Å². The summed E-state index contributed by atoms with van der Waals surface area (Å²) in [5.74, 6) is 0.941. The third-order valence-electron chi connectivity index (χ3n) is 4.41. The lowest BCUT2D eigenvalue weighted by Gasteiger charge is -2.22. The molecule has 1 atom stereocenters. The molecule has 1 spiro atoms. The van der Waals surface area contributed by atoms with E-state index in [2.05, 4.69) is 34.5 Å². The average molecular weight is 283 g/mol. The van der Waals surface area contributed by atoms with E-state index in [1.165, 1.54) is 44.6 Å². The molecule has 0 aliphatic carbocycles. The zero-order valence-electron chi connectivity index (χ0n) is 11.5. The van der Waals surface area contributed by atoms with Crippen LogP contribution in [0.3, 0.4) is 0 Å². The third-order valence-corrected chi connectivity index (χ3v) is 4.41. The van der Waals surface area contributed by atoms with Crippen molar-refractivity contribution in [3.05, 3.63) is 29.8 Å². The Balaban J connectivity index is 0.00000133. The molecule has 2 fully saturated rings. The summed E-state index contributed by atoms with van der Waals surface area (Å²) in [5.41, 5.74) is 1.96. The molecule has 0 saturated carbocycles. The molecule has 0 aromatic heterocycles. The topological polar surface area (TPSA) is 24.5 Å². The molecular formula is C15H23ClN2O. The lowest BCUT2D eigenvalue weighted by molar-refractivity contribution is 0.268. The van der Waals surface area contributed by atoms with Gasteiger partial charge in [0.2, 0.25) is 0 Å². The Kier molecular flexibility index (Phi) is 4.71. The first kappa shape index (κ1) is 14.6. The summed E-state index contributed by atoms with van der Waals surface area (Å²) < 4.78 is 5.19. The Morgan fingerprint density at radius 1 is 1.26 bits per heavy atom. The maximum absolute atomic E-state index is 5.19. The monoisotopic (exact) mass is 282 g/mol. The minimum Gasteiger partial charge on any atom is -0.497 e. The molecule has 1 N–H and O–H groups in total. The van der Waals surface area contributed by atoms with Crippen LogP contribution in [0, 0.1) is 5.41 Å². The van der Waals surface area contributed by atoms with Crippen LogP contribution in [0.2, 0.25) is 0 Å². The molecule has 2 aliphatic rings. The third kappa shape index (κ3) is 3.22. The minimum absolute atomic E-state index is 0. The maximum atomic E-state index is 5.19. The summed E-state index contributed by atoms with van der Waals surface area (Å²) in [6.45, 7) is 5.99. The number of likely N-dealkylation sites (tertiary alicyclic amines) is 1. The predicted octanol–water partition coefficient (Wildman–Crippen LogP) is 2.30.